The first-order valence-corrected chi connectivity index (χ1v) is 7.03. The number of allylic oxidation sites excluding steroid dienone is 8. The van der Waals surface area contributed by atoms with Crippen LogP contribution in [0.5, 0.6) is 0 Å². The van der Waals surface area contributed by atoms with E-state index in [9.17, 15) is 13.6 Å². The van der Waals surface area contributed by atoms with Gasteiger partial charge in [-0.05, 0) is 36.0 Å². The zero-order valence-electron chi connectivity index (χ0n) is 11.9. The highest BCUT2D eigenvalue weighted by atomic mass is 19.2. The summed E-state index contributed by atoms with van der Waals surface area (Å²) in [4.78, 5) is 11.7. The zero-order valence-corrected chi connectivity index (χ0v) is 11.9. The standard InChI is InChI=1S/C16H18BF2NO/c1-20-16(21)9-13(10-2-5-12(17)6-3-10)11-4-7-14(18)15(19)8-11/h2,4-8,10,13-15H,3,9H2,1H3,(H,20,21). The molecule has 0 bridgehead atoms. The summed E-state index contributed by atoms with van der Waals surface area (Å²) in [6.07, 6.45) is 7.38. The fourth-order valence-corrected chi connectivity index (χ4v) is 2.66. The number of halogens is 2. The van der Waals surface area contributed by atoms with Crippen LogP contribution in [0.4, 0.5) is 8.78 Å². The van der Waals surface area contributed by atoms with Crippen molar-refractivity contribution in [1.29, 1.82) is 0 Å². The molecule has 0 aromatic rings. The predicted octanol–water partition coefficient (Wildman–Crippen LogP) is 2.54. The van der Waals surface area contributed by atoms with Gasteiger partial charge >= 0.3 is 0 Å². The molecule has 0 aliphatic heterocycles. The third-order valence-electron chi connectivity index (χ3n) is 3.92. The first kappa shape index (κ1) is 15.7. The second-order valence-electron chi connectivity index (χ2n) is 5.36. The van der Waals surface area contributed by atoms with Crippen molar-refractivity contribution in [2.45, 2.75) is 25.2 Å². The van der Waals surface area contributed by atoms with Gasteiger partial charge in [-0.15, -0.1) is 5.47 Å². The highest BCUT2D eigenvalue weighted by Gasteiger charge is 2.29. The van der Waals surface area contributed by atoms with Crippen LogP contribution in [-0.2, 0) is 4.79 Å². The van der Waals surface area contributed by atoms with Crippen molar-refractivity contribution in [2.24, 2.45) is 11.8 Å². The van der Waals surface area contributed by atoms with E-state index in [-0.39, 0.29) is 24.2 Å². The lowest BCUT2D eigenvalue weighted by atomic mass is 9.75. The Bertz CT molecular complexity index is 524. The molecule has 2 aliphatic carbocycles. The molecule has 4 atom stereocenters. The van der Waals surface area contributed by atoms with Gasteiger partial charge in [0, 0.05) is 13.5 Å². The van der Waals surface area contributed by atoms with Crippen LogP contribution < -0.4 is 5.32 Å². The Morgan fingerprint density at radius 2 is 2.14 bits per heavy atom. The maximum atomic E-state index is 13.6. The van der Waals surface area contributed by atoms with Crippen molar-refractivity contribution in [3.05, 3.63) is 47.5 Å². The fraction of sp³-hybridized carbons (Fsp3) is 0.438. The molecule has 2 rings (SSSR count). The molecule has 2 radical (unpaired) electrons. The second kappa shape index (κ2) is 6.88. The van der Waals surface area contributed by atoms with Gasteiger partial charge in [-0.25, -0.2) is 8.78 Å². The van der Waals surface area contributed by atoms with Crippen LogP contribution in [0.2, 0.25) is 0 Å². The number of carbonyl (C=O) groups excluding carboxylic acids is 1. The van der Waals surface area contributed by atoms with Crippen LogP contribution in [0.3, 0.4) is 0 Å². The predicted molar refractivity (Wildman–Crippen MR) is 80.3 cm³/mol. The average Bonchev–Trinajstić information content (AvgIpc) is 2.48. The minimum atomic E-state index is -1.65. The Kier molecular flexibility index (Phi) is 5.15. The van der Waals surface area contributed by atoms with E-state index in [2.05, 4.69) is 5.32 Å². The molecule has 0 spiro atoms. The van der Waals surface area contributed by atoms with Crippen molar-refractivity contribution < 1.29 is 13.6 Å². The molecule has 0 fully saturated rings. The summed E-state index contributed by atoms with van der Waals surface area (Å²) in [6, 6.07) is 0. The average molecular weight is 289 g/mol. The molecular formula is C16H18BF2NO. The van der Waals surface area contributed by atoms with Gasteiger partial charge in [0.15, 0.2) is 12.3 Å². The Labute approximate surface area is 125 Å². The second-order valence-corrected chi connectivity index (χ2v) is 5.36. The summed E-state index contributed by atoms with van der Waals surface area (Å²) in [7, 11) is 7.26. The maximum absolute atomic E-state index is 13.6. The number of alkyl halides is 2. The molecule has 0 saturated carbocycles. The van der Waals surface area contributed by atoms with Crippen LogP contribution in [0.25, 0.3) is 0 Å². The van der Waals surface area contributed by atoms with Gasteiger partial charge in [0.1, 0.15) is 7.85 Å². The molecular weight excluding hydrogens is 271 g/mol. The van der Waals surface area contributed by atoms with Gasteiger partial charge in [0.2, 0.25) is 5.91 Å². The van der Waals surface area contributed by atoms with Gasteiger partial charge < -0.3 is 5.32 Å². The van der Waals surface area contributed by atoms with Crippen LogP contribution in [0, 0.1) is 11.8 Å². The Hall–Kier alpha value is -1.65. The number of amides is 1. The zero-order chi connectivity index (χ0) is 15.4. The molecule has 110 valence electrons. The summed E-state index contributed by atoms with van der Waals surface area (Å²) >= 11 is 0. The normalized spacial score (nSPS) is 29.6. The summed E-state index contributed by atoms with van der Waals surface area (Å²) in [5.74, 6) is -0.260. The van der Waals surface area contributed by atoms with Crippen molar-refractivity contribution in [2.75, 3.05) is 7.05 Å². The lowest BCUT2D eigenvalue weighted by Gasteiger charge is -2.28. The molecule has 2 nitrogen and oxygen atoms in total. The van der Waals surface area contributed by atoms with E-state index in [0.29, 0.717) is 17.5 Å². The van der Waals surface area contributed by atoms with Crippen molar-refractivity contribution >= 4 is 13.8 Å². The minimum Gasteiger partial charge on any atom is -0.359 e. The highest BCUT2D eigenvalue weighted by Crippen LogP contribution is 2.34. The van der Waals surface area contributed by atoms with Gasteiger partial charge in [0.25, 0.3) is 0 Å². The number of rotatable bonds is 4. The molecule has 1 amide bonds. The van der Waals surface area contributed by atoms with Gasteiger partial charge in [-0.2, -0.15) is 0 Å². The van der Waals surface area contributed by atoms with E-state index in [4.69, 9.17) is 7.85 Å². The van der Waals surface area contributed by atoms with Crippen LogP contribution in [0.1, 0.15) is 12.8 Å². The summed E-state index contributed by atoms with van der Waals surface area (Å²) in [5.41, 5.74) is 1.36. The first-order chi connectivity index (χ1) is 10.0. The molecule has 21 heavy (non-hydrogen) atoms. The monoisotopic (exact) mass is 289 g/mol. The van der Waals surface area contributed by atoms with E-state index in [1.807, 2.05) is 12.2 Å². The van der Waals surface area contributed by atoms with Crippen LogP contribution >= 0.6 is 0 Å². The molecule has 4 unspecified atom stereocenters. The number of hydrogen-bond acceptors (Lipinski definition) is 1. The Balaban J connectivity index is 2.21. The third kappa shape index (κ3) is 3.93. The Morgan fingerprint density at radius 1 is 1.38 bits per heavy atom. The van der Waals surface area contributed by atoms with E-state index in [0.717, 1.165) is 0 Å². The number of nitrogens with one attached hydrogen (secondary N) is 1. The van der Waals surface area contributed by atoms with Crippen molar-refractivity contribution in [3.8, 4) is 0 Å². The number of carbonyl (C=O) groups is 1. The molecule has 5 heteroatoms. The molecule has 0 heterocycles. The van der Waals surface area contributed by atoms with E-state index >= 15 is 0 Å². The molecule has 0 aromatic carbocycles. The largest absolute Gasteiger partial charge is 0.359 e. The SMILES string of the molecule is [B]C1=CCC(C(CC(=O)NC)C2=CC(F)C(F)C=C2)C=C1. The maximum Gasteiger partial charge on any atom is 0.220 e. The highest BCUT2D eigenvalue weighted by molar-refractivity contribution is 6.23. The lowest BCUT2D eigenvalue weighted by molar-refractivity contribution is -0.121. The first-order valence-electron chi connectivity index (χ1n) is 7.03. The Morgan fingerprint density at radius 3 is 2.71 bits per heavy atom. The molecule has 1 N–H and O–H groups in total. The van der Waals surface area contributed by atoms with E-state index in [1.165, 1.54) is 12.2 Å². The number of hydrogen-bond donors (Lipinski definition) is 1. The summed E-state index contributed by atoms with van der Waals surface area (Å²) < 4.78 is 26.8. The minimum absolute atomic E-state index is 0.0499. The van der Waals surface area contributed by atoms with E-state index in [1.54, 1.807) is 19.2 Å². The van der Waals surface area contributed by atoms with Crippen molar-refractivity contribution in [1.82, 2.24) is 5.32 Å². The van der Waals surface area contributed by atoms with E-state index < -0.39 is 12.3 Å². The lowest BCUT2D eigenvalue weighted by Crippen LogP contribution is -2.28. The molecule has 0 saturated heterocycles. The van der Waals surface area contributed by atoms with Crippen molar-refractivity contribution in [3.63, 3.8) is 0 Å². The van der Waals surface area contributed by atoms with Gasteiger partial charge in [-0.1, -0.05) is 24.3 Å². The fourth-order valence-electron chi connectivity index (χ4n) is 2.66. The van der Waals surface area contributed by atoms with Gasteiger partial charge in [0.05, 0.1) is 0 Å². The molecule has 0 aromatic heterocycles. The van der Waals surface area contributed by atoms with Crippen LogP contribution in [0.15, 0.2) is 47.5 Å². The summed E-state index contributed by atoms with van der Waals surface area (Å²) in [6.45, 7) is 0. The topological polar surface area (TPSA) is 29.1 Å². The van der Waals surface area contributed by atoms with Gasteiger partial charge in [-0.3, -0.25) is 4.79 Å². The summed E-state index contributed by atoms with van der Waals surface area (Å²) in [5, 5.41) is 2.58. The van der Waals surface area contributed by atoms with Crippen LogP contribution in [-0.4, -0.2) is 33.1 Å². The third-order valence-corrected chi connectivity index (χ3v) is 3.92. The quantitative estimate of drug-likeness (QED) is 0.792. The molecule has 2 aliphatic rings. The smallest absolute Gasteiger partial charge is 0.220 e.